The Morgan fingerprint density at radius 1 is 0.750 bits per heavy atom. The molecule has 0 fully saturated rings. The standard InChI is InChI=1S/C20H20/c1-14-9-11-18(12-10-14)20-16(3)15(2)13-19(20)17-7-5-4-6-8-17/h4-13,20H,1-3H3. The van der Waals surface area contributed by atoms with E-state index in [0.717, 1.165) is 0 Å². The van der Waals surface area contributed by atoms with Crippen LogP contribution in [0.25, 0.3) is 5.57 Å². The van der Waals surface area contributed by atoms with Gasteiger partial charge in [0, 0.05) is 5.92 Å². The molecule has 2 aromatic carbocycles. The number of allylic oxidation sites excluding steroid dienone is 4. The molecule has 1 aliphatic carbocycles. The van der Waals surface area contributed by atoms with Crippen molar-refractivity contribution in [3.05, 3.63) is 88.5 Å². The maximum absolute atomic E-state index is 2.34. The highest BCUT2D eigenvalue weighted by Gasteiger charge is 2.25. The van der Waals surface area contributed by atoms with Crippen LogP contribution in [-0.2, 0) is 0 Å². The molecule has 1 unspecified atom stereocenters. The molecule has 2 aromatic rings. The van der Waals surface area contributed by atoms with Crippen molar-refractivity contribution in [2.75, 3.05) is 0 Å². The summed E-state index contributed by atoms with van der Waals surface area (Å²) >= 11 is 0. The number of benzene rings is 2. The summed E-state index contributed by atoms with van der Waals surface area (Å²) in [6.07, 6.45) is 2.34. The quantitative estimate of drug-likeness (QED) is 0.667. The Morgan fingerprint density at radius 2 is 1.40 bits per heavy atom. The third kappa shape index (κ3) is 2.22. The Balaban J connectivity index is 2.07. The topological polar surface area (TPSA) is 0 Å². The largest absolute Gasteiger partial charge is 0.0622 e. The van der Waals surface area contributed by atoms with Crippen molar-refractivity contribution >= 4 is 5.57 Å². The molecule has 0 N–H and O–H groups in total. The minimum Gasteiger partial charge on any atom is -0.0622 e. The Hall–Kier alpha value is -2.08. The van der Waals surface area contributed by atoms with Crippen LogP contribution in [0.1, 0.15) is 36.5 Å². The summed E-state index contributed by atoms with van der Waals surface area (Å²) in [7, 11) is 0. The molecule has 0 nitrogen and oxygen atoms in total. The van der Waals surface area contributed by atoms with Crippen molar-refractivity contribution in [1.82, 2.24) is 0 Å². The molecule has 0 radical (unpaired) electrons. The first-order valence-corrected chi connectivity index (χ1v) is 7.18. The molecular weight excluding hydrogens is 240 g/mol. The molecular formula is C20H20. The lowest BCUT2D eigenvalue weighted by Gasteiger charge is -2.19. The Bertz CT molecular complexity index is 670. The lowest BCUT2D eigenvalue weighted by Crippen LogP contribution is -2.01. The van der Waals surface area contributed by atoms with Crippen LogP contribution in [0.4, 0.5) is 0 Å². The second-order valence-electron chi connectivity index (χ2n) is 5.68. The molecule has 0 aliphatic heterocycles. The summed E-state index contributed by atoms with van der Waals surface area (Å²) in [4.78, 5) is 0. The SMILES string of the molecule is CC1=C(C)C(c2ccc(C)cc2)C(c2ccccc2)=C1. The van der Waals surface area contributed by atoms with E-state index in [1.807, 2.05) is 0 Å². The first kappa shape index (κ1) is 12.9. The Morgan fingerprint density at radius 3 is 2.05 bits per heavy atom. The monoisotopic (exact) mass is 260 g/mol. The van der Waals surface area contributed by atoms with Crippen molar-refractivity contribution in [2.45, 2.75) is 26.7 Å². The van der Waals surface area contributed by atoms with Gasteiger partial charge in [-0.15, -0.1) is 0 Å². The van der Waals surface area contributed by atoms with Gasteiger partial charge in [0.2, 0.25) is 0 Å². The molecule has 0 saturated heterocycles. The van der Waals surface area contributed by atoms with Gasteiger partial charge >= 0.3 is 0 Å². The van der Waals surface area contributed by atoms with E-state index in [4.69, 9.17) is 0 Å². The van der Waals surface area contributed by atoms with Gasteiger partial charge in [0.1, 0.15) is 0 Å². The Kier molecular flexibility index (Phi) is 3.31. The molecule has 0 aromatic heterocycles. The van der Waals surface area contributed by atoms with E-state index in [1.165, 1.54) is 33.4 Å². The molecule has 3 rings (SSSR count). The summed E-state index contributed by atoms with van der Waals surface area (Å²) in [6.45, 7) is 6.61. The molecule has 20 heavy (non-hydrogen) atoms. The van der Waals surface area contributed by atoms with E-state index >= 15 is 0 Å². The summed E-state index contributed by atoms with van der Waals surface area (Å²) in [6, 6.07) is 19.7. The van der Waals surface area contributed by atoms with Crippen molar-refractivity contribution in [3.63, 3.8) is 0 Å². The van der Waals surface area contributed by atoms with Crippen LogP contribution in [0, 0.1) is 6.92 Å². The van der Waals surface area contributed by atoms with Crippen LogP contribution in [-0.4, -0.2) is 0 Å². The summed E-state index contributed by atoms with van der Waals surface area (Å²) < 4.78 is 0. The number of rotatable bonds is 2. The normalized spacial score (nSPS) is 18.4. The van der Waals surface area contributed by atoms with Crippen LogP contribution in [0.15, 0.2) is 71.8 Å². The third-order valence-corrected chi connectivity index (χ3v) is 4.26. The van der Waals surface area contributed by atoms with Crippen LogP contribution in [0.5, 0.6) is 0 Å². The van der Waals surface area contributed by atoms with Gasteiger partial charge in [-0.1, -0.05) is 77.4 Å². The molecule has 0 spiro atoms. The smallest absolute Gasteiger partial charge is 0.0307 e. The first-order chi connectivity index (χ1) is 9.66. The fraction of sp³-hybridized carbons (Fsp3) is 0.200. The summed E-state index contributed by atoms with van der Waals surface area (Å²) in [5, 5.41) is 0. The Labute approximate surface area is 121 Å². The molecule has 1 aliphatic rings. The van der Waals surface area contributed by atoms with E-state index in [2.05, 4.69) is 81.4 Å². The highest BCUT2D eigenvalue weighted by Crippen LogP contribution is 2.44. The fourth-order valence-corrected chi connectivity index (χ4v) is 2.96. The van der Waals surface area contributed by atoms with Crippen LogP contribution < -0.4 is 0 Å². The van der Waals surface area contributed by atoms with Crippen molar-refractivity contribution in [1.29, 1.82) is 0 Å². The highest BCUT2D eigenvalue weighted by atomic mass is 14.3. The lowest BCUT2D eigenvalue weighted by atomic mass is 9.85. The van der Waals surface area contributed by atoms with E-state index in [0.29, 0.717) is 5.92 Å². The van der Waals surface area contributed by atoms with Gasteiger partial charge < -0.3 is 0 Å². The van der Waals surface area contributed by atoms with Gasteiger partial charge in [0.15, 0.2) is 0 Å². The molecule has 0 heteroatoms. The van der Waals surface area contributed by atoms with Crippen molar-refractivity contribution in [2.24, 2.45) is 0 Å². The molecule has 1 atom stereocenters. The minimum atomic E-state index is 0.401. The third-order valence-electron chi connectivity index (χ3n) is 4.26. The van der Waals surface area contributed by atoms with Gasteiger partial charge in [-0.3, -0.25) is 0 Å². The predicted octanol–water partition coefficient (Wildman–Crippen LogP) is 5.51. The minimum absolute atomic E-state index is 0.401. The number of aryl methyl sites for hydroxylation is 1. The zero-order valence-electron chi connectivity index (χ0n) is 12.4. The van der Waals surface area contributed by atoms with Gasteiger partial charge in [-0.25, -0.2) is 0 Å². The van der Waals surface area contributed by atoms with Gasteiger partial charge in [0.25, 0.3) is 0 Å². The van der Waals surface area contributed by atoms with E-state index in [-0.39, 0.29) is 0 Å². The first-order valence-electron chi connectivity index (χ1n) is 7.18. The van der Waals surface area contributed by atoms with Crippen molar-refractivity contribution in [3.8, 4) is 0 Å². The summed E-state index contributed by atoms with van der Waals surface area (Å²) in [5.74, 6) is 0.401. The number of hydrogen-bond donors (Lipinski definition) is 0. The van der Waals surface area contributed by atoms with Gasteiger partial charge in [-0.05, 0) is 37.5 Å². The zero-order chi connectivity index (χ0) is 14.1. The second-order valence-corrected chi connectivity index (χ2v) is 5.68. The van der Waals surface area contributed by atoms with E-state index in [9.17, 15) is 0 Å². The predicted molar refractivity (Wildman–Crippen MR) is 86.7 cm³/mol. The van der Waals surface area contributed by atoms with Crippen molar-refractivity contribution < 1.29 is 0 Å². The van der Waals surface area contributed by atoms with E-state index < -0.39 is 0 Å². The fourth-order valence-electron chi connectivity index (χ4n) is 2.96. The number of hydrogen-bond acceptors (Lipinski definition) is 0. The van der Waals surface area contributed by atoms with Crippen LogP contribution >= 0.6 is 0 Å². The van der Waals surface area contributed by atoms with Crippen LogP contribution in [0.3, 0.4) is 0 Å². The summed E-state index contributed by atoms with van der Waals surface area (Å²) in [5.41, 5.74) is 8.32. The van der Waals surface area contributed by atoms with Crippen LogP contribution in [0.2, 0.25) is 0 Å². The van der Waals surface area contributed by atoms with E-state index in [1.54, 1.807) is 0 Å². The molecule has 0 bridgehead atoms. The van der Waals surface area contributed by atoms with Gasteiger partial charge in [0.05, 0.1) is 0 Å². The maximum Gasteiger partial charge on any atom is 0.0307 e. The average molecular weight is 260 g/mol. The van der Waals surface area contributed by atoms with Gasteiger partial charge in [-0.2, -0.15) is 0 Å². The molecule has 0 heterocycles. The molecule has 100 valence electrons. The maximum atomic E-state index is 2.34. The molecule has 0 amide bonds. The molecule has 0 saturated carbocycles. The highest BCUT2D eigenvalue weighted by molar-refractivity contribution is 5.80. The second kappa shape index (κ2) is 5.13. The zero-order valence-corrected chi connectivity index (χ0v) is 12.4. The average Bonchev–Trinajstić information content (AvgIpc) is 2.77. The lowest BCUT2D eigenvalue weighted by molar-refractivity contribution is 1.02.